The molecule has 0 aromatic heterocycles. The molecule has 0 radical (unpaired) electrons. The van der Waals surface area contributed by atoms with E-state index >= 15 is 0 Å². The minimum absolute atomic E-state index is 0. The van der Waals surface area contributed by atoms with E-state index in [1.165, 1.54) is 24.3 Å². The zero-order valence-electron chi connectivity index (χ0n) is 11.0. The van der Waals surface area contributed by atoms with Crippen molar-refractivity contribution in [1.29, 1.82) is 0 Å². The summed E-state index contributed by atoms with van der Waals surface area (Å²) in [5.41, 5.74) is 6.18. The van der Waals surface area contributed by atoms with Crippen molar-refractivity contribution in [2.45, 2.75) is 26.0 Å². The molecule has 0 aliphatic rings. The molecule has 0 aliphatic carbocycles. The van der Waals surface area contributed by atoms with Crippen molar-refractivity contribution in [2.75, 3.05) is 13.1 Å². The number of nitrogens with zero attached hydrogens (tertiary/aromatic N) is 1. The number of rotatable bonds is 5. The van der Waals surface area contributed by atoms with E-state index in [0.29, 0.717) is 18.7 Å². The van der Waals surface area contributed by atoms with Crippen LogP contribution < -0.4 is 5.73 Å². The van der Waals surface area contributed by atoms with Crippen LogP contribution in [0.5, 0.6) is 0 Å². The highest BCUT2D eigenvalue weighted by Gasteiger charge is 2.27. The predicted molar refractivity (Wildman–Crippen MR) is 74.5 cm³/mol. The summed E-state index contributed by atoms with van der Waals surface area (Å²) in [6, 6.07) is 4.28. The van der Waals surface area contributed by atoms with Crippen molar-refractivity contribution in [3.05, 3.63) is 35.6 Å². The van der Waals surface area contributed by atoms with Gasteiger partial charge in [-0.2, -0.15) is 0 Å². The largest absolute Gasteiger partial charge is 0.386 e. The normalized spacial score (nSPS) is 13.3. The number of halogens is 2. The van der Waals surface area contributed by atoms with Crippen LogP contribution in [0.3, 0.4) is 0 Å². The van der Waals surface area contributed by atoms with E-state index in [0.717, 1.165) is 0 Å². The maximum Gasteiger partial charge on any atom is 0.242 e. The zero-order valence-corrected chi connectivity index (χ0v) is 11.9. The minimum atomic E-state index is -1.13. The van der Waals surface area contributed by atoms with Crippen LogP contribution in [0, 0.1) is 5.82 Å². The quantitative estimate of drug-likeness (QED) is 0.863. The van der Waals surface area contributed by atoms with Gasteiger partial charge in [-0.1, -0.05) is 12.1 Å². The fraction of sp³-hybridized carbons (Fsp3) is 0.462. The van der Waals surface area contributed by atoms with Crippen molar-refractivity contribution in [2.24, 2.45) is 5.73 Å². The standard InChI is InChI=1S/C13H19FN2O2.ClH/c1-3-16(4-2)13(18)11(15)12(17)9-5-7-10(14)8-6-9;/h5-8,11-12,17H,3-4,15H2,1-2H3;1H. The van der Waals surface area contributed by atoms with E-state index in [1.807, 2.05) is 13.8 Å². The molecule has 1 amide bonds. The number of nitrogens with two attached hydrogens (primary N) is 1. The van der Waals surface area contributed by atoms with Gasteiger partial charge in [0.1, 0.15) is 18.0 Å². The van der Waals surface area contributed by atoms with E-state index in [2.05, 4.69) is 0 Å². The number of carbonyl (C=O) groups is 1. The number of likely N-dealkylation sites (N-methyl/N-ethyl adjacent to an activating group) is 1. The fourth-order valence-electron chi connectivity index (χ4n) is 1.75. The Balaban J connectivity index is 0.00000324. The summed E-state index contributed by atoms with van der Waals surface area (Å²) < 4.78 is 12.8. The maximum absolute atomic E-state index is 12.8. The molecule has 0 saturated heterocycles. The number of carbonyl (C=O) groups excluding carboxylic acids is 1. The van der Waals surface area contributed by atoms with Gasteiger partial charge in [0.25, 0.3) is 0 Å². The number of hydrogen-bond acceptors (Lipinski definition) is 3. The van der Waals surface area contributed by atoms with Gasteiger partial charge in [-0.25, -0.2) is 4.39 Å². The molecule has 0 fully saturated rings. The summed E-state index contributed by atoms with van der Waals surface area (Å²) in [5, 5.41) is 10.00. The highest BCUT2D eigenvalue weighted by atomic mass is 35.5. The molecule has 2 atom stereocenters. The SMILES string of the molecule is CCN(CC)C(=O)C(N)C(O)c1ccc(F)cc1.Cl. The van der Waals surface area contributed by atoms with E-state index in [-0.39, 0.29) is 18.3 Å². The minimum Gasteiger partial charge on any atom is -0.386 e. The Hall–Kier alpha value is -1.17. The lowest BCUT2D eigenvalue weighted by Crippen LogP contribution is -2.46. The molecule has 4 nitrogen and oxygen atoms in total. The van der Waals surface area contributed by atoms with Crippen molar-refractivity contribution in [3.63, 3.8) is 0 Å². The topological polar surface area (TPSA) is 66.6 Å². The highest BCUT2D eigenvalue weighted by molar-refractivity contribution is 5.85. The third-order valence-corrected chi connectivity index (χ3v) is 2.91. The summed E-state index contributed by atoms with van der Waals surface area (Å²) in [7, 11) is 0. The number of benzene rings is 1. The zero-order chi connectivity index (χ0) is 13.7. The lowest BCUT2D eigenvalue weighted by molar-refractivity contribution is -0.134. The number of amides is 1. The predicted octanol–water partition coefficient (Wildman–Crippen LogP) is 1.48. The van der Waals surface area contributed by atoms with E-state index < -0.39 is 18.0 Å². The maximum atomic E-state index is 12.8. The van der Waals surface area contributed by atoms with Gasteiger partial charge in [-0.3, -0.25) is 4.79 Å². The van der Waals surface area contributed by atoms with E-state index in [4.69, 9.17) is 5.73 Å². The van der Waals surface area contributed by atoms with Gasteiger partial charge in [0, 0.05) is 13.1 Å². The Bertz CT molecular complexity index is 396. The molecule has 3 N–H and O–H groups in total. The van der Waals surface area contributed by atoms with Gasteiger partial charge in [0.2, 0.25) is 5.91 Å². The number of aliphatic hydroxyl groups is 1. The van der Waals surface area contributed by atoms with Crippen LogP contribution in [-0.2, 0) is 4.79 Å². The van der Waals surface area contributed by atoms with Crippen LogP contribution in [0.15, 0.2) is 24.3 Å². The van der Waals surface area contributed by atoms with Crippen LogP contribution in [0.25, 0.3) is 0 Å². The van der Waals surface area contributed by atoms with Gasteiger partial charge in [-0.05, 0) is 31.5 Å². The Morgan fingerprint density at radius 1 is 1.32 bits per heavy atom. The van der Waals surface area contributed by atoms with Gasteiger partial charge < -0.3 is 15.7 Å². The monoisotopic (exact) mass is 290 g/mol. The van der Waals surface area contributed by atoms with E-state index in [9.17, 15) is 14.3 Å². The Morgan fingerprint density at radius 3 is 2.21 bits per heavy atom. The highest BCUT2D eigenvalue weighted by Crippen LogP contribution is 2.17. The lowest BCUT2D eigenvalue weighted by Gasteiger charge is -2.25. The van der Waals surface area contributed by atoms with Crippen molar-refractivity contribution in [1.82, 2.24) is 4.90 Å². The molecule has 0 heterocycles. The second-order valence-corrected chi connectivity index (χ2v) is 4.03. The molecule has 1 rings (SSSR count). The summed E-state index contributed by atoms with van der Waals surface area (Å²) in [6.07, 6.45) is -1.13. The first-order chi connectivity index (χ1) is 8.51. The molecule has 108 valence electrons. The number of hydrogen-bond donors (Lipinski definition) is 2. The first kappa shape index (κ1) is 17.8. The van der Waals surface area contributed by atoms with Gasteiger partial charge in [-0.15, -0.1) is 12.4 Å². The molecule has 0 aliphatic heterocycles. The van der Waals surface area contributed by atoms with Crippen LogP contribution in [0.1, 0.15) is 25.5 Å². The van der Waals surface area contributed by atoms with Crippen molar-refractivity contribution >= 4 is 18.3 Å². The summed E-state index contributed by atoms with van der Waals surface area (Å²) in [4.78, 5) is 13.5. The van der Waals surface area contributed by atoms with Crippen molar-refractivity contribution < 1.29 is 14.3 Å². The van der Waals surface area contributed by atoms with Gasteiger partial charge in [0.05, 0.1) is 0 Å². The van der Waals surface area contributed by atoms with Gasteiger partial charge >= 0.3 is 0 Å². The fourth-order valence-corrected chi connectivity index (χ4v) is 1.75. The molecule has 1 aromatic rings. The molecule has 1 aromatic carbocycles. The third-order valence-electron chi connectivity index (χ3n) is 2.91. The Morgan fingerprint density at radius 2 is 1.79 bits per heavy atom. The average Bonchev–Trinajstić information content (AvgIpc) is 2.39. The molecule has 0 saturated carbocycles. The Labute approximate surface area is 118 Å². The molecule has 0 spiro atoms. The molecule has 0 bridgehead atoms. The summed E-state index contributed by atoms with van der Waals surface area (Å²) in [5.74, 6) is -0.702. The van der Waals surface area contributed by atoms with Crippen LogP contribution in [0.2, 0.25) is 0 Å². The molecule has 19 heavy (non-hydrogen) atoms. The number of aliphatic hydroxyl groups excluding tert-OH is 1. The molecule has 2 unspecified atom stereocenters. The third kappa shape index (κ3) is 4.45. The summed E-state index contributed by atoms with van der Waals surface area (Å²) in [6.45, 7) is 4.77. The smallest absolute Gasteiger partial charge is 0.242 e. The van der Waals surface area contributed by atoms with Crippen LogP contribution >= 0.6 is 12.4 Å². The lowest BCUT2D eigenvalue weighted by atomic mass is 10.0. The average molecular weight is 291 g/mol. The molecule has 6 heteroatoms. The van der Waals surface area contributed by atoms with Crippen molar-refractivity contribution in [3.8, 4) is 0 Å². The van der Waals surface area contributed by atoms with Crippen LogP contribution in [-0.4, -0.2) is 35.0 Å². The first-order valence-corrected chi connectivity index (χ1v) is 5.99. The van der Waals surface area contributed by atoms with Crippen LogP contribution in [0.4, 0.5) is 4.39 Å². The van der Waals surface area contributed by atoms with Gasteiger partial charge in [0.15, 0.2) is 0 Å². The second-order valence-electron chi connectivity index (χ2n) is 4.03. The summed E-state index contributed by atoms with van der Waals surface area (Å²) >= 11 is 0. The molecular weight excluding hydrogens is 271 g/mol. The Kier molecular flexibility index (Phi) is 7.59. The molecular formula is C13H20ClFN2O2. The second kappa shape index (κ2) is 8.09. The van der Waals surface area contributed by atoms with E-state index in [1.54, 1.807) is 4.90 Å². The first-order valence-electron chi connectivity index (χ1n) is 5.99.